The Hall–Kier alpha value is -4.37. The van der Waals surface area contributed by atoms with Gasteiger partial charge in [-0.1, -0.05) is 12.1 Å². The van der Waals surface area contributed by atoms with Crippen LogP contribution in [0.4, 0.5) is 5.69 Å². The highest BCUT2D eigenvalue weighted by Crippen LogP contribution is 2.25. The van der Waals surface area contributed by atoms with Crippen molar-refractivity contribution in [2.24, 2.45) is 0 Å². The molecule has 0 aliphatic heterocycles. The fraction of sp³-hybridized carbons (Fsp3) is 0.148. The summed E-state index contributed by atoms with van der Waals surface area (Å²) in [6.07, 6.45) is 3.40. The quantitative estimate of drug-likeness (QED) is 0.316. The predicted molar refractivity (Wildman–Crippen MR) is 130 cm³/mol. The molecular formula is C27H24N4O2. The Kier molecular flexibility index (Phi) is 6.23. The molecule has 0 saturated heterocycles. The zero-order valence-corrected chi connectivity index (χ0v) is 18.8. The Morgan fingerprint density at radius 2 is 2.00 bits per heavy atom. The predicted octanol–water partition coefficient (Wildman–Crippen LogP) is 5.59. The number of nitriles is 1. The summed E-state index contributed by atoms with van der Waals surface area (Å²) in [6.45, 7) is 6.41. The number of hydrogen-bond donors (Lipinski definition) is 1. The molecule has 6 heteroatoms. The maximum atomic E-state index is 12.8. The van der Waals surface area contributed by atoms with Crippen molar-refractivity contribution in [1.29, 1.82) is 5.26 Å². The molecule has 0 radical (unpaired) electrons. The molecule has 2 heterocycles. The van der Waals surface area contributed by atoms with Gasteiger partial charge in [-0.2, -0.15) is 5.26 Å². The molecule has 4 rings (SSSR count). The van der Waals surface area contributed by atoms with Crippen molar-refractivity contribution in [2.75, 3.05) is 11.9 Å². The average Bonchev–Trinajstić information content (AvgIpc) is 3.10. The molecule has 2 aromatic carbocycles. The fourth-order valence-electron chi connectivity index (χ4n) is 3.87. The topological polar surface area (TPSA) is 79.9 Å². The van der Waals surface area contributed by atoms with Crippen LogP contribution < -0.4 is 10.1 Å². The lowest BCUT2D eigenvalue weighted by Gasteiger charge is -2.11. The Labute approximate surface area is 192 Å². The van der Waals surface area contributed by atoms with Crippen molar-refractivity contribution in [3.63, 3.8) is 0 Å². The Morgan fingerprint density at radius 1 is 1.15 bits per heavy atom. The van der Waals surface area contributed by atoms with Crippen molar-refractivity contribution in [1.82, 2.24) is 9.55 Å². The summed E-state index contributed by atoms with van der Waals surface area (Å²) in [5.74, 6) is 0.194. The summed E-state index contributed by atoms with van der Waals surface area (Å²) in [5.41, 5.74) is 5.29. The molecular weight excluding hydrogens is 412 g/mol. The highest BCUT2D eigenvalue weighted by molar-refractivity contribution is 6.09. The van der Waals surface area contributed by atoms with Gasteiger partial charge in [0.25, 0.3) is 5.91 Å². The summed E-state index contributed by atoms with van der Waals surface area (Å²) in [4.78, 5) is 17.2. The lowest BCUT2D eigenvalue weighted by Crippen LogP contribution is -2.13. The van der Waals surface area contributed by atoms with Crippen LogP contribution >= 0.6 is 0 Å². The van der Waals surface area contributed by atoms with Crippen LogP contribution in [0.25, 0.3) is 22.7 Å². The number of aromatic nitrogens is 2. The molecule has 0 aliphatic carbocycles. The standard InChI is InChI=1S/C27H24N4O2/c1-4-33-25-9-5-8-23(16-25)30-27(32)22(17-28)14-21-13-18(2)31(19(21)3)24-10-11-26-20(15-24)7-6-12-29-26/h5-16H,4H2,1-3H3,(H,30,32)/b22-14-. The van der Waals surface area contributed by atoms with Gasteiger partial charge in [0.2, 0.25) is 0 Å². The molecule has 1 N–H and O–H groups in total. The SMILES string of the molecule is CCOc1cccc(NC(=O)/C(C#N)=C\c2cc(C)n(-c3ccc4ncccc4c3)c2C)c1. The van der Waals surface area contributed by atoms with Crippen LogP contribution in [0.3, 0.4) is 0 Å². The van der Waals surface area contributed by atoms with Gasteiger partial charge in [-0.05, 0) is 74.9 Å². The summed E-state index contributed by atoms with van der Waals surface area (Å²) in [7, 11) is 0. The van der Waals surface area contributed by atoms with E-state index in [0.717, 1.165) is 33.5 Å². The summed E-state index contributed by atoms with van der Waals surface area (Å²) >= 11 is 0. The first-order chi connectivity index (χ1) is 16.0. The number of carbonyl (C=O) groups excluding carboxylic acids is 1. The molecule has 0 spiro atoms. The number of anilines is 1. The van der Waals surface area contributed by atoms with Crippen molar-refractivity contribution >= 4 is 28.6 Å². The average molecular weight is 437 g/mol. The maximum Gasteiger partial charge on any atom is 0.266 e. The highest BCUT2D eigenvalue weighted by Gasteiger charge is 2.14. The van der Waals surface area contributed by atoms with Crippen LogP contribution in [0.5, 0.6) is 5.75 Å². The molecule has 0 fully saturated rings. The lowest BCUT2D eigenvalue weighted by atomic mass is 10.1. The van der Waals surface area contributed by atoms with E-state index in [-0.39, 0.29) is 5.57 Å². The van der Waals surface area contributed by atoms with Gasteiger partial charge in [0, 0.05) is 40.4 Å². The number of carbonyl (C=O) groups is 1. The van der Waals surface area contributed by atoms with Crippen molar-refractivity contribution in [3.05, 3.63) is 89.4 Å². The summed E-state index contributed by atoms with van der Waals surface area (Å²) in [6, 6.07) is 21.1. The molecule has 0 bridgehead atoms. The van der Waals surface area contributed by atoms with Gasteiger partial charge in [-0.15, -0.1) is 0 Å². The molecule has 0 aliphatic rings. The number of amides is 1. The van der Waals surface area contributed by atoms with Gasteiger partial charge in [0.1, 0.15) is 17.4 Å². The molecule has 4 aromatic rings. The van der Waals surface area contributed by atoms with E-state index in [1.54, 1.807) is 30.5 Å². The first-order valence-corrected chi connectivity index (χ1v) is 10.7. The minimum absolute atomic E-state index is 0.0276. The Bertz CT molecular complexity index is 1410. The number of rotatable bonds is 6. The van der Waals surface area contributed by atoms with E-state index < -0.39 is 5.91 Å². The van der Waals surface area contributed by atoms with Gasteiger partial charge in [-0.25, -0.2) is 0 Å². The minimum Gasteiger partial charge on any atom is -0.494 e. The number of hydrogen-bond acceptors (Lipinski definition) is 4. The molecule has 6 nitrogen and oxygen atoms in total. The first-order valence-electron chi connectivity index (χ1n) is 10.7. The normalized spacial score (nSPS) is 11.3. The minimum atomic E-state index is -0.465. The number of fused-ring (bicyclic) bond motifs is 1. The largest absolute Gasteiger partial charge is 0.494 e. The number of aryl methyl sites for hydroxylation is 1. The van der Waals surface area contributed by atoms with E-state index in [9.17, 15) is 10.1 Å². The molecule has 2 aromatic heterocycles. The van der Waals surface area contributed by atoms with Crippen LogP contribution in [0.15, 0.2) is 72.4 Å². The van der Waals surface area contributed by atoms with Crippen LogP contribution in [0, 0.1) is 25.2 Å². The zero-order chi connectivity index (χ0) is 23.4. The van der Waals surface area contributed by atoms with Crippen LogP contribution in [-0.4, -0.2) is 22.1 Å². The molecule has 0 atom stereocenters. The van der Waals surface area contributed by atoms with E-state index in [0.29, 0.717) is 18.0 Å². The second kappa shape index (κ2) is 9.41. The number of benzene rings is 2. The Balaban J connectivity index is 1.64. The second-order valence-electron chi connectivity index (χ2n) is 7.63. The van der Waals surface area contributed by atoms with Crippen LogP contribution in [0.1, 0.15) is 23.9 Å². The van der Waals surface area contributed by atoms with Gasteiger partial charge in [-0.3, -0.25) is 9.78 Å². The third-order valence-electron chi connectivity index (χ3n) is 5.38. The van der Waals surface area contributed by atoms with Crippen molar-refractivity contribution < 1.29 is 9.53 Å². The van der Waals surface area contributed by atoms with Gasteiger partial charge >= 0.3 is 0 Å². The van der Waals surface area contributed by atoms with E-state index in [4.69, 9.17) is 4.74 Å². The molecule has 33 heavy (non-hydrogen) atoms. The van der Waals surface area contributed by atoms with Crippen molar-refractivity contribution in [3.8, 4) is 17.5 Å². The van der Waals surface area contributed by atoms with E-state index in [2.05, 4.69) is 20.9 Å². The zero-order valence-electron chi connectivity index (χ0n) is 18.8. The van der Waals surface area contributed by atoms with Gasteiger partial charge < -0.3 is 14.6 Å². The van der Waals surface area contributed by atoms with Gasteiger partial charge in [0.05, 0.1) is 12.1 Å². The van der Waals surface area contributed by atoms with Crippen molar-refractivity contribution in [2.45, 2.75) is 20.8 Å². The van der Waals surface area contributed by atoms with Gasteiger partial charge in [0.15, 0.2) is 0 Å². The number of ether oxygens (including phenoxy) is 1. The fourth-order valence-corrected chi connectivity index (χ4v) is 3.87. The summed E-state index contributed by atoms with van der Waals surface area (Å²) in [5, 5.41) is 13.5. The van der Waals surface area contributed by atoms with Crippen LogP contribution in [0.2, 0.25) is 0 Å². The van der Waals surface area contributed by atoms with E-state index in [1.807, 2.05) is 63.2 Å². The lowest BCUT2D eigenvalue weighted by molar-refractivity contribution is -0.112. The molecule has 0 saturated carbocycles. The number of pyridine rings is 1. The van der Waals surface area contributed by atoms with Crippen LogP contribution in [-0.2, 0) is 4.79 Å². The number of nitrogens with zero attached hydrogens (tertiary/aromatic N) is 3. The third kappa shape index (κ3) is 4.63. The molecule has 1 amide bonds. The van der Waals surface area contributed by atoms with E-state index in [1.165, 1.54) is 0 Å². The monoisotopic (exact) mass is 436 g/mol. The number of nitrogens with one attached hydrogen (secondary N) is 1. The maximum absolute atomic E-state index is 12.8. The summed E-state index contributed by atoms with van der Waals surface area (Å²) < 4.78 is 7.58. The molecule has 0 unspecified atom stereocenters. The molecule has 164 valence electrons. The third-order valence-corrected chi connectivity index (χ3v) is 5.38. The van der Waals surface area contributed by atoms with E-state index >= 15 is 0 Å². The Morgan fingerprint density at radius 3 is 2.79 bits per heavy atom. The first kappa shape index (κ1) is 21.8. The highest BCUT2D eigenvalue weighted by atomic mass is 16.5. The smallest absolute Gasteiger partial charge is 0.266 e. The second-order valence-corrected chi connectivity index (χ2v) is 7.63.